The van der Waals surface area contributed by atoms with Crippen molar-refractivity contribution in [2.75, 3.05) is 26.8 Å². The lowest BCUT2D eigenvalue weighted by atomic mass is 9.64. The van der Waals surface area contributed by atoms with Crippen LogP contribution >= 0.6 is 0 Å². The van der Waals surface area contributed by atoms with E-state index in [1.807, 2.05) is 0 Å². The number of carbonyl (C=O) groups is 2. The van der Waals surface area contributed by atoms with Gasteiger partial charge in [-0.05, 0) is 125 Å². The lowest BCUT2D eigenvalue weighted by Crippen LogP contribution is -2.54. The van der Waals surface area contributed by atoms with Crippen LogP contribution in [-0.2, 0) is 15.9 Å². The van der Waals surface area contributed by atoms with Gasteiger partial charge >= 0.3 is 6.09 Å². The number of hydrogen-bond donors (Lipinski definition) is 2. The lowest BCUT2D eigenvalue weighted by Gasteiger charge is -2.46. The SMILES string of the molecule is COCCCN(C[C@]1(O)CC[C@H]2c3ccc(cc3C(=O)C3CCCCC3)C[C@@H](O)CCC(C)=CCC[C@@]21C)C(=O)O[C@H]1C[C@@H](C)CC[C@@H]1C(C)C. The summed E-state index contributed by atoms with van der Waals surface area (Å²) in [5, 5.41) is 24.0. The number of allylic oxidation sites excluding steroid dienone is 2. The van der Waals surface area contributed by atoms with E-state index in [4.69, 9.17) is 9.47 Å². The minimum Gasteiger partial charge on any atom is -0.446 e. The van der Waals surface area contributed by atoms with Gasteiger partial charge in [0.1, 0.15) is 6.10 Å². The third kappa shape index (κ3) is 9.48. The molecule has 7 nitrogen and oxygen atoms in total. The van der Waals surface area contributed by atoms with E-state index in [1.165, 1.54) is 12.0 Å². The normalized spacial score (nSPS) is 32.3. The number of hydrogen-bond acceptors (Lipinski definition) is 6. The van der Waals surface area contributed by atoms with Gasteiger partial charge in [-0.1, -0.05) is 77.2 Å². The van der Waals surface area contributed by atoms with E-state index >= 15 is 0 Å². The molecule has 7 atom stereocenters. The molecule has 7 heteroatoms. The molecular weight excluding hydrogens is 638 g/mol. The molecule has 3 fully saturated rings. The number of methoxy groups -OCH3 is 1. The Morgan fingerprint density at radius 2 is 1.80 bits per heavy atom. The van der Waals surface area contributed by atoms with Crippen LogP contribution in [0.4, 0.5) is 4.79 Å². The molecule has 0 aliphatic heterocycles. The summed E-state index contributed by atoms with van der Waals surface area (Å²) in [5.74, 6) is 1.48. The van der Waals surface area contributed by atoms with Crippen molar-refractivity contribution >= 4 is 11.9 Å². The molecule has 51 heavy (non-hydrogen) atoms. The van der Waals surface area contributed by atoms with Crippen LogP contribution in [0.25, 0.3) is 0 Å². The Labute approximate surface area is 308 Å². The fourth-order valence-corrected chi connectivity index (χ4v) is 10.2. The maximum absolute atomic E-state index is 14.4. The highest BCUT2D eigenvalue weighted by atomic mass is 16.6. The molecule has 1 aromatic carbocycles. The number of carbonyl (C=O) groups excluding carboxylic acids is 2. The topological polar surface area (TPSA) is 96.3 Å². The number of fused-ring (bicyclic) bond motifs is 8. The Kier molecular flexibility index (Phi) is 13.9. The van der Waals surface area contributed by atoms with Gasteiger partial charge < -0.3 is 24.6 Å². The number of benzene rings is 1. The molecule has 0 unspecified atom stereocenters. The molecule has 286 valence electrons. The molecule has 2 N–H and O–H groups in total. The van der Waals surface area contributed by atoms with Crippen LogP contribution in [0.3, 0.4) is 0 Å². The van der Waals surface area contributed by atoms with Crippen molar-refractivity contribution in [2.45, 2.75) is 161 Å². The number of rotatable bonds is 10. The van der Waals surface area contributed by atoms with Crippen molar-refractivity contribution in [3.05, 3.63) is 46.5 Å². The summed E-state index contributed by atoms with van der Waals surface area (Å²) in [6, 6.07) is 6.32. The molecule has 0 heterocycles. The fourth-order valence-electron chi connectivity index (χ4n) is 10.2. The summed E-state index contributed by atoms with van der Waals surface area (Å²) >= 11 is 0. The molecule has 5 aliphatic rings. The van der Waals surface area contributed by atoms with Gasteiger partial charge in [0.2, 0.25) is 0 Å². The first-order valence-corrected chi connectivity index (χ1v) is 20.5. The predicted octanol–water partition coefficient (Wildman–Crippen LogP) is 9.42. The van der Waals surface area contributed by atoms with Crippen molar-refractivity contribution in [1.29, 1.82) is 0 Å². The molecule has 0 spiro atoms. The first-order valence-electron chi connectivity index (χ1n) is 20.5. The zero-order valence-electron chi connectivity index (χ0n) is 32.8. The lowest BCUT2D eigenvalue weighted by molar-refractivity contribution is -0.0868. The number of amides is 1. The average Bonchev–Trinajstić information content (AvgIpc) is 3.35. The van der Waals surface area contributed by atoms with Gasteiger partial charge in [0.15, 0.2) is 5.78 Å². The van der Waals surface area contributed by atoms with E-state index in [-0.39, 0.29) is 36.4 Å². The third-order valence-electron chi connectivity index (χ3n) is 13.6. The Morgan fingerprint density at radius 3 is 2.53 bits per heavy atom. The smallest absolute Gasteiger partial charge is 0.410 e. The van der Waals surface area contributed by atoms with Crippen molar-refractivity contribution in [2.24, 2.45) is 29.1 Å². The highest BCUT2D eigenvalue weighted by Gasteiger charge is 2.58. The van der Waals surface area contributed by atoms with Crippen molar-refractivity contribution in [3.63, 3.8) is 0 Å². The monoisotopic (exact) mass is 708 g/mol. The van der Waals surface area contributed by atoms with Crippen molar-refractivity contribution < 1.29 is 29.3 Å². The van der Waals surface area contributed by atoms with Gasteiger partial charge in [0, 0.05) is 37.2 Å². The zero-order chi connectivity index (χ0) is 36.8. The Morgan fingerprint density at radius 1 is 1.04 bits per heavy atom. The van der Waals surface area contributed by atoms with Gasteiger partial charge in [-0.25, -0.2) is 4.79 Å². The van der Waals surface area contributed by atoms with E-state index in [2.05, 4.69) is 58.9 Å². The van der Waals surface area contributed by atoms with E-state index in [9.17, 15) is 19.8 Å². The van der Waals surface area contributed by atoms with Crippen LogP contribution in [0.15, 0.2) is 29.8 Å². The standard InChI is InChI=1S/C44H69NO6/c1-30(2)36-19-16-32(4)26-40(36)51-42(48)45(24-11-25-50-6)29-44(49)23-21-39-37-20-17-33(28-38(37)41(47)34-13-8-7-9-14-34)27-35(46)18-15-31(3)12-10-22-43(39,44)5/h12,17,20,28,30,32,34-36,39-40,46,49H,7-11,13-16,18-19,21-27,29H2,1-6H3/t32-,35-,36+,39-,40-,43-,44+/m0/s1. The van der Waals surface area contributed by atoms with Crippen LogP contribution in [0.1, 0.15) is 158 Å². The first-order chi connectivity index (χ1) is 24.3. The van der Waals surface area contributed by atoms with Crippen LogP contribution in [0, 0.1) is 29.1 Å². The molecule has 1 aromatic rings. The highest BCUT2D eigenvalue weighted by molar-refractivity contribution is 5.99. The Hall–Kier alpha value is -2.22. The quantitative estimate of drug-likeness (QED) is 0.143. The summed E-state index contributed by atoms with van der Waals surface area (Å²) in [6.45, 7) is 12.2. The molecular formula is C44H69NO6. The number of aliphatic hydroxyl groups is 2. The van der Waals surface area contributed by atoms with E-state index in [1.54, 1.807) is 12.0 Å². The number of ketones is 1. The summed E-state index contributed by atoms with van der Waals surface area (Å²) < 4.78 is 11.8. The summed E-state index contributed by atoms with van der Waals surface area (Å²) in [6.07, 6.45) is 15.1. The van der Waals surface area contributed by atoms with E-state index in [0.29, 0.717) is 56.6 Å². The molecule has 2 bridgehead atoms. The maximum Gasteiger partial charge on any atom is 0.410 e. The molecule has 3 saturated carbocycles. The van der Waals surface area contributed by atoms with Crippen molar-refractivity contribution in [3.8, 4) is 0 Å². The van der Waals surface area contributed by atoms with Gasteiger partial charge in [0.05, 0.1) is 18.2 Å². The summed E-state index contributed by atoms with van der Waals surface area (Å²) in [5.41, 5.74) is 2.29. The minimum absolute atomic E-state index is 0.0249. The second-order valence-corrected chi connectivity index (χ2v) is 17.7. The summed E-state index contributed by atoms with van der Waals surface area (Å²) in [7, 11) is 1.68. The van der Waals surface area contributed by atoms with Crippen LogP contribution < -0.4 is 0 Å². The highest BCUT2D eigenvalue weighted by Crippen LogP contribution is 2.59. The summed E-state index contributed by atoms with van der Waals surface area (Å²) in [4.78, 5) is 30.4. The van der Waals surface area contributed by atoms with Gasteiger partial charge in [-0.15, -0.1) is 0 Å². The van der Waals surface area contributed by atoms with Gasteiger partial charge in [0.25, 0.3) is 0 Å². The fraction of sp³-hybridized carbons (Fsp3) is 0.773. The predicted molar refractivity (Wildman–Crippen MR) is 204 cm³/mol. The molecule has 6 rings (SSSR count). The van der Waals surface area contributed by atoms with E-state index < -0.39 is 17.1 Å². The number of ether oxygens (including phenoxy) is 2. The first kappa shape index (κ1) is 40.0. The van der Waals surface area contributed by atoms with Crippen LogP contribution in [0.2, 0.25) is 0 Å². The van der Waals surface area contributed by atoms with Crippen molar-refractivity contribution in [1.82, 2.24) is 4.90 Å². The molecule has 1 amide bonds. The average molecular weight is 708 g/mol. The van der Waals surface area contributed by atoms with Gasteiger partial charge in [-0.3, -0.25) is 4.79 Å². The molecule has 0 radical (unpaired) electrons. The Bertz CT molecular complexity index is 1350. The molecule has 0 aromatic heterocycles. The van der Waals surface area contributed by atoms with Crippen LogP contribution in [0.5, 0.6) is 0 Å². The number of aliphatic hydroxyl groups excluding tert-OH is 1. The molecule has 5 aliphatic carbocycles. The minimum atomic E-state index is -1.18. The second-order valence-electron chi connectivity index (χ2n) is 17.7. The zero-order valence-corrected chi connectivity index (χ0v) is 32.8. The Balaban J connectivity index is 1.51. The van der Waals surface area contributed by atoms with Crippen LogP contribution in [-0.4, -0.2) is 71.6 Å². The second kappa shape index (κ2) is 17.7. The number of Topliss-reactive ketones (excluding diaryl/α,β-unsaturated/α-hetero) is 1. The third-order valence-corrected chi connectivity index (χ3v) is 13.6. The molecule has 0 saturated heterocycles. The van der Waals surface area contributed by atoms with E-state index in [0.717, 1.165) is 87.3 Å². The largest absolute Gasteiger partial charge is 0.446 e. The maximum atomic E-state index is 14.4. The number of nitrogens with zero attached hydrogens (tertiary/aromatic N) is 1. The van der Waals surface area contributed by atoms with Gasteiger partial charge in [-0.2, -0.15) is 0 Å².